The summed E-state index contributed by atoms with van der Waals surface area (Å²) < 4.78 is 0. The second-order valence-electron chi connectivity index (χ2n) is 6.16. The van der Waals surface area contributed by atoms with Crippen LogP contribution in [0.1, 0.15) is 43.0 Å². The van der Waals surface area contributed by atoms with Gasteiger partial charge in [0.2, 0.25) is 5.82 Å². The molecule has 0 N–H and O–H groups in total. The third kappa shape index (κ3) is 1.96. The van der Waals surface area contributed by atoms with Crippen LogP contribution < -0.4 is 0 Å². The Bertz CT molecular complexity index is 894. The summed E-state index contributed by atoms with van der Waals surface area (Å²) in [6.45, 7) is 6.55. The van der Waals surface area contributed by atoms with Crippen LogP contribution in [0, 0.1) is 0 Å². The van der Waals surface area contributed by atoms with E-state index >= 15 is 0 Å². The van der Waals surface area contributed by atoms with Crippen molar-refractivity contribution in [2.45, 2.75) is 32.2 Å². The molecule has 0 saturated heterocycles. The SMILES string of the molecule is CC1c2ccsc2C(c2nnc3ccccc3n2)=NC1(C)C. The molecule has 4 nitrogen and oxygen atoms in total. The summed E-state index contributed by atoms with van der Waals surface area (Å²) in [6.07, 6.45) is 0. The molecule has 0 radical (unpaired) electrons. The fraction of sp³-hybridized carbons (Fsp3) is 0.294. The molecule has 1 aliphatic heterocycles. The molecule has 1 aromatic carbocycles. The van der Waals surface area contributed by atoms with Gasteiger partial charge in [-0.25, -0.2) is 4.98 Å². The van der Waals surface area contributed by atoms with Gasteiger partial charge in [0.1, 0.15) is 11.2 Å². The van der Waals surface area contributed by atoms with Crippen LogP contribution in [0.15, 0.2) is 40.7 Å². The number of aromatic nitrogens is 3. The zero-order valence-electron chi connectivity index (χ0n) is 12.7. The number of fused-ring (bicyclic) bond motifs is 2. The molecule has 110 valence electrons. The minimum Gasteiger partial charge on any atom is -0.273 e. The van der Waals surface area contributed by atoms with Gasteiger partial charge in [-0.05, 0) is 43.0 Å². The molecule has 0 saturated carbocycles. The van der Waals surface area contributed by atoms with Crippen molar-refractivity contribution in [1.29, 1.82) is 0 Å². The van der Waals surface area contributed by atoms with Crippen molar-refractivity contribution in [2.24, 2.45) is 4.99 Å². The first kappa shape index (κ1) is 13.5. The van der Waals surface area contributed by atoms with Gasteiger partial charge in [0.15, 0.2) is 0 Å². The van der Waals surface area contributed by atoms with E-state index in [0.29, 0.717) is 11.7 Å². The molecular formula is C17H16N4S. The summed E-state index contributed by atoms with van der Waals surface area (Å²) in [6, 6.07) is 9.98. The second-order valence-corrected chi connectivity index (χ2v) is 7.08. The van der Waals surface area contributed by atoms with E-state index in [2.05, 4.69) is 47.4 Å². The highest BCUT2D eigenvalue weighted by Gasteiger charge is 2.36. The molecule has 1 unspecified atom stereocenters. The van der Waals surface area contributed by atoms with Crippen molar-refractivity contribution < 1.29 is 0 Å². The number of benzene rings is 1. The second kappa shape index (κ2) is 4.68. The number of nitrogens with zero attached hydrogens (tertiary/aromatic N) is 4. The third-order valence-electron chi connectivity index (χ3n) is 4.41. The molecule has 3 aromatic rings. The molecular weight excluding hydrogens is 292 g/mol. The maximum absolute atomic E-state index is 4.95. The predicted octanol–water partition coefficient (Wildman–Crippen LogP) is 3.82. The van der Waals surface area contributed by atoms with Crippen molar-refractivity contribution in [3.63, 3.8) is 0 Å². The zero-order valence-corrected chi connectivity index (χ0v) is 13.6. The van der Waals surface area contributed by atoms with Crippen LogP contribution in [-0.2, 0) is 0 Å². The Hall–Kier alpha value is -2.14. The summed E-state index contributed by atoms with van der Waals surface area (Å²) in [5.74, 6) is 0.994. The van der Waals surface area contributed by atoms with E-state index in [-0.39, 0.29) is 5.54 Å². The Labute approximate surface area is 133 Å². The third-order valence-corrected chi connectivity index (χ3v) is 5.35. The monoisotopic (exact) mass is 308 g/mol. The average molecular weight is 308 g/mol. The van der Waals surface area contributed by atoms with Gasteiger partial charge in [-0.2, -0.15) is 0 Å². The Morgan fingerprint density at radius 2 is 1.82 bits per heavy atom. The lowest BCUT2D eigenvalue weighted by molar-refractivity contribution is 0.433. The van der Waals surface area contributed by atoms with Crippen LogP contribution in [-0.4, -0.2) is 26.4 Å². The van der Waals surface area contributed by atoms with E-state index in [1.807, 2.05) is 24.3 Å². The van der Waals surface area contributed by atoms with Gasteiger partial charge < -0.3 is 0 Å². The molecule has 22 heavy (non-hydrogen) atoms. The van der Waals surface area contributed by atoms with E-state index in [4.69, 9.17) is 4.99 Å². The van der Waals surface area contributed by atoms with Gasteiger partial charge in [-0.3, -0.25) is 4.99 Å². The standard InChI is InChI=1S/C17H16N4S/c1-10-11-8-9-22-15(11)14(19-17(10,2)3)16-18-12-6-4-5-7-13(12)20-21-16/h4-10H,1-3H3. The fourth-order valence-electron chi connectivity index (χ4n) is 2.80. The molecule has 4 rings (SSSR count). The summed E-state index contributed by atoms with van der Waals surface area (Å²) in [5, 5.41) is 10.7. The van der Waals surface area contributed by atoms with Crippen LogP contribution in [0.3, 0.4) is 0 Å². The van der Waals surface area contributed by atoms with Crippen LogP contribution in [0.4, 0.5) is 0 Å². The smallest absolute Gasteiger partial charge is 0.202 e. The highest BCUT2D eigenvalue weighted by Crippen LogP contribution is 2.40. The van der Waals surface area contributed by atoms with Gasteiger partial charge in [-0.15, -0.1) is 21.5 Å². The van der Waals surface area contributed by atoms with Gasteiger partial charge >= 0.3 is 0 Å². The van der Waals surface area contributed by atoms with Crippen LogP contribution in [0.5, 0.6) is 0 Å². The van der Waals surface area contributed by atoms with Gasteiger partial charge in [0.05, 0.1) is 15.9 Å². The number of para-hydroxylation sites is 1. The van der Waals surface area contributed by atoms with E-state index in [0.717, 1.165) is 16.7 Å². The van der Waals surface area contributed by atoms with Gasteiger partial charge in [-0.1, -0.05) is 19.1 Å². The number of thiophene rings is 1. The fourth-order valence-corrected chi connectivity index (χ4v) is 3.78. The van der Waals surface area contributed by atoms with Crippen LogP contribution in [0.2, 0.25) is 0 Å². The van der Waals surface area contributed by atoms with Crippen molar-refractivity contribution in [1.82, 2.24) is 15.2 Å². The van der Waals surface area contributed by atoms with Gasteiger partial charge in [0.25, 0.3) is 0 Å². The quantitative estimate of drug-likeness (QED) is 0.686. The lowest BCUT2D eigenvalue weighted by Crippen LogP contribution is -2.32. The number of rotatable bonds is 1. The Kier molecular flexibility index (Phi) is 2.87. The lowest BCUT2D eigenvalue weighted by Gasteiger charge is -2.33. The van der Waals surface area contributed by atoms with Crippen molar-refractivity contribution in [3.8, 4) is 0 Å². The molecule has 0 amide bonds. The number of hydrogen-bond acceptors (Lipinski definition) is 5. The Morgan fingerprint density at radius 3 is 2.64 bits per heavy atom. The van der Waals surface area contributed by atoms with Crippen molar-refractivity contribution in [2.75, 3.05) is 0 Å². The van der Waals surface area contributed by atoms with Crippen molar-refractivity contribution >= 4 is 28.1 Å². The van der Waals surface area contributed by atoms with E-state index < -0.39 is 0 Å². The normalized spacial score (nSPS) is 19.8. The zero-order chi connectivity index (χ0) is 15.3. The maximum Gasteiger partial charge on any atom is 0.202 e. The molecule has 3 heterocycles. The molecule has 0 bridgehead atoms. The van der Waals surface area contributed by atoms with Crippen LogP contribution >= 0.6 is 11.3 Å². The Morgan fingerprint density at radius 1 is 1.05 bits per heavy atom. The summed E-state index contributed by atoms with van der Waals surface area (Å²) in [5.41, 5.74) is 3.69. The van der Waals surface area contributed by atoms with E-state index in [1.165, 1.54) is 10.4 Å². The molecule has 0 aliphatic carbocycles. The largest absolute Gasteiger partial charge is 0.273 e. The van der Waals surface area contributed by atoms with Crippen molar-refractivity contribution in [3.05, 3.63) is 52.0 Å². The minimum atomic E-state index is -0.168. The summed E-state index contributed by atoms with van der Waals surface area (Å²) >= 11 is 1.70. The van der Waals surface area contributed by atoms with Crippen LogP contribution in [0.25, 0.3) is 11.0 Å². The molecule has 0 spiro atoms. The number of hydrogen-bond donors (Lipinski definition) is 0. The van der Waals surface area contributed by atoms with Gasteiger partial charge in [0, 0.05) is 5.92 Å². The first-order valence-electron chi connectivity index (χ1n) is 7.34. The summed E-state index contributed by atoms with van der Waals surface area (Å²) in [7, 11) is 0. The summed E-state index contributed by atoms with van der Waals surface area (Å²) in [4.78, 5) is 10.8. The van der Waals surface area contributed by atoms with E-state index in [9.17, 15) is 0 Å². The highest BCUT2D eigenvalue weighted by atomic mass is 32.1. The number of aliphatic imine (C=N–C) groups is 1. The molecule has 1 aliphatic rings. The first-order valence-corrected chi connectivity index (χ1v) is 8.22. The predicted molar refractivity (Wildman–Crippen MR) is 89.8 cm³/mol. The average Bonchev–Trinajstić information content (AvgIpc) is 3.00. The highest BCUT2D eigenvalue weighted by molar-refractivity contribution is 7.12. The molecule has 5 heteroatoms. The first-order chi connectivity index (χ1) is 10.6. The molecule has 0 fully saturated rings. The van der Waals surface area contributed by atoms with E-state index in [1.54, 1.807) is 11.3 Å². The Balaban J connectivity index is 1.93. The molecule has 2 aromatic heterocycles. The molecule has 1 atom stereocenters. The lowest BCUT2D eigenvalue weighted by atomic mass is 9.81. The topological polar surface area (TPSA) is 51.0 Å². The maximum atomic E-state index is 4.95. The minimum absolute atomic E-state index is 0.168.